The monoisotopic (exact) mass is 228 g/mol. The van der Waals surface area contributed by atoms with E-state index in [4.69, 9.17) is 0 Å². The highest BCUT2D eigenvalue weighted by Crippen LogP contribution is 2.29. The van der Waals surface area contributed by atoms with E-state index in [1.54, 1.807) is 0 Å². The number of nitrogens with one attached hydrogen (secondary N) is 1. The molecule has 2 N–H and O–H groups in total. The lowest BCUT2D eigenvalue weighted by atomic mass is 9.82. The van der Waals surface area contributed by atoms with Gasteiger partial charge in [-0.1, -0.05) is 27.7 Å². The Morgan fingerprint density at radius 2 is 1.81 bits per heavy atom. The highest BCUT2D eigenvalue weighted by Gasteiger charge is 2.26. The summed E-state index contributed by atoms with van der Waals surface area (Å²) in [4.78, 5) is 2.39. The van der Waals surface area contributed by atoms with Crippen LogP contribution < -0.4 is 5.32 Å². The smallest absolute Gasteiger partial charge is 0.0791 e. The molecule has 0 saturated carbocycles. The second kappa shape index (κ2) is 5.99. The molecule has 1 fully saturated rings. The van der Waals surface area contributed by atoms with Crippen LogP contribution in [0, 0.1) is 5.41 Å². The van der Waals surface area contributed by atoms with Crippen LogP contribution in [-0.2, 0) is 0 Å². The number of aliphatic hydroxyl groups is 1. The van der Waals surface area contributed by atoms with Crippen molar-refractivity contribution in [3.63, 3.8) is 0 Å². The van der Waals surface area contributed by atoms with Crippen molar-refractivity contribution in [3.8, 4) is 0 Å². The van der Waals surface area contributed by atoms with E-state index < -0.39 is 0 Å². The molecule has 0 aromatic carbocycles. The molecule has 0 aromatic heterocycles. The lowest BCUT2D eigenvalue weighted by Gasteiger charge is -2.37. The molecule has 0 aliphatic carbocycles. The van der Waals surface area contributed by atoms with Crippen molar-refractivity contribution in [2.24, 2.45) is 5.41 Å². The van der Waals surface area contributed by atoms with E-state index in [1.165, 1.54) is 12.8 Å². The Hall–Kier alpha value is -0.120. The van der Waals surface area contributed by atoms with E-state index in [1.807, 2.05) is 0 Å². The van der Waals surface area contributed by atoms with Crippen LogP contribution >= 0.6 is 0 Å². The quantitative estimate of drug-likeness (QED) is 0.748. The summed E-state index contributed by atoms with van der Waals surface area (Å²) in [7, 11) is 0. The summed E-state index contributed by atoms with van der Waals surface area (Å²) in [6, 6.07) is 0.454. The van der Waals surface area contributed by atoms with Gasteiger partial charge in [0.25, 0.3) is 0 Å². The molecule has 16 heavy (non-hydrogen) atoms. The molecule has 0 amide bonds. The van der Waals surface area contributed by atoms with Gasteiger partial charge < -0.3 is 15.3 Å². The minimum absolute atomic E-state index is 0.233. The predicted octanol–water partition coefficient (Wildman–Crippen LogP) is 1.47. The fourth-order valence-corrected chi connectivity index (χ4v) is 2.08. The standard InChI is InChI=1S/C13H28N2O/c1-11(2)14-9-12(16)10-15-7-5-13(3,4)6-8-15/h11-12,14,16H,5-10H2,1-4H3. The molecule has 1 saturated heterocycles. The Kier molecular flexibility index (Phi) is 5.22. The van der Waals surface area contributed by atoms with Gasteiger partial charge in [0.1, 0.15) is 0 Å². The van der Waals surface area contributed by atoms with Gasteiger partial charge in [0.05, 0.1) is 6.10 Å². The van der Waals surface area contributed by atoms with E-state index in [9.17, 15) is 5.11 Å². The summed E-state index contributed by atoms with van der Waals surface area (Å²) < 4.78 is 0. The third-order valence-corrected chi connectivity index (χ3v) is 3.44. The maximum absolute atomic E-state index is 9.88. The first kappa shape index (κ1) is 13.9. The fourth-order valence-electron chi connectivity index (χ4n) is 2.08. The molecular weight excluding hydrogens is 200 g/mol. The second-order valence-corrected chi connectivity index (χ2v) is 6.18. The normalized spacial score (nSPS) is 23.6. The van der Waals surface area contributed by atoms with Gasteiger partial charge >= 0.3 is 0 Å². The zero-order valence-electron chi connectivity index (χ0n) is 11.3. The summed E-state index contributed by atoms with van der Waals surface area (Å²) in [5, 5.41) is 13.2. The lowest BCUT2D eigenvalue weighted by Crippen LogP contribution is -2.44. The Balaban J connectivity index is 2.18. The first-order chi connectivity index (χ1) is 7.39. The van der Waals surface area contributed by atoms with Crippen LogP contribution in [0.15, 0.2) is 0 Å². The van der Waals surface area contributed by atoms with Crippen LogP contribution in [0.5, 0.6) is 0 Å². The Labute approximate surface area is 100 Å². The zero-order valence-corrected chi connectivity index (χ0v) is 11.3. The Morgan fingerprint density at radius 3 is 2.31 bits per heavy atom. The molecule has 0 radical (unpaired) electrons. The van der Waals surface area contributed by atoms with Crippen LogP contribution in [-0.4, -0.2) is 48.3 Å². The van der Waals surface area contributed by atoms with Crippen LogP contribution in [0.4, 0.5) is 0 Å². The van der Waals surface area contributed by atoms with Gasteiger partial charge in [-0.25, -0.2) is 0 Å². The van der Waals surface area contributed by atoms with E-state index in [0.29, 0.717) is 18.0 Å². The minimum Gasteiger partial charge on any atom is -0.390 e. The summed E-state index contributed by atoms with van der Waals surface area (Å²) >= 11 is 0. The third-order valence-electron chi connectivity index (χ3n) is 3.44. The highest BCUT2D eigenvalue weighted by molar-refractivity contribution is 4.80. The van der Waals surface area contributed by atoms with Crippen LogP contribution in [0.25, 0.3) is 0 Å². The molecule has 0 aromatic rings. The number of β-amino-alcohol motifs (C(OH)–C–C–N with tert-alkyl or cyclic N) is 1. The van der Waals surface area contributed by atoms with E-state index in [-0.39, 0.29) is 6.10 Å². The Bertz CT molecular complexity index is 194. The van der Waals surface area contributed by atoms with Crippen molar-refractivity contribution in [3.05, 3.63) is 0 Å². The second-order valence-electron chi connectivity index (χ2n) is 6.18. The van der Waals surface area contributed by atoms with Gasteiger partial charge in [0.2, 0.25) is 0 Å². The van der Waals surface area contributed by atoms with Gasteiger partial charge in [-0.15, -0.1) is 0 Å². The molecule has 1 unspecified atom stereocenters. The highest BCUT2D eigenvalue weighted by atomic mass is 16.3. The Morgan fingerprint density at radius 1 is 1.25 bits per heavy atom. The molecule has 1 aliphatic heterocycles. The number of rotatable bonds is 5. The van der Waals surface area contributed by atoms with E-state index >= 15 is 0 Å². The summed E-state index contributed by atoms with van der Waals surface area (Å²) in [5.41, 5.74) is 0.498. The molecule has 1 atom stereocenters. The number of hydrogen-bond donors (Lipinski definition) is 2. The van der Waals surface area contributed by atoms with Gasteiger partial charge in [0, 0.05) is 19.1 Å². The van der Waals surface area contributed by atoms with Crippen molar-refractivity contribution in [2.75, 3.05) is 26.2 Å². The molecular formula is C13H28N2O. The third kappa shape index (κ3) is 5.28. The maximum Gasteiger partial charge on any atom is 0.0791 e. The zero-order chi connectivity index (χ0) is 12.2. The number of aliphatic hydroxyl groups excluding tert-OH is 1. The topological polar surface area (TPSA) is 35.5 Å². The van der Waals surface area contributed by atoms with Crippen molar-refractivity contribution < 1.29 is 5.11 Å². The summed E-state index contributed by atoms with van der Waals surface area (Å²) in [6.45, 7) is 12.7. The van der Waals surface area contributed by atoms with Crippen LogP contribution in [0.1, 0.15) is 40.5 Å². The van der Waals surface area contributed by atoms with Crippen molar-refractivity contribution in [1.82, 2.24) is 10.2 Å². The molecule has 0 bridgehead atoms. The lowest BCUT2D eigenvalue weighted by molar-refractivity contribution is 0.0694. The molecule has 3 heteroatoms. The van der Waals surface area contributed by atoms with E-state index in [0.717, 1.165) is 19.6 Å². The average molecular weight is 228 g/mol. The van der Waals surface area contributed by atoms with Crippen LogP contribution in [0.2, 0.25) is 0 Å². The molecule has 1 aliphatic rings. The number of nitrogens with zero attached hydrogens (tertiary/aromatic N) is 1. The van der Waals surface area contributed by atoms with Crippen molar-refractivity contribution in [1.29, 1.82) is 0 Å². The van der Waals surface area contributed by atoms with Crippen LogP contribution in [0.3, 0.4) is 0 Å². The number of hydrogen-bond acceptors (Lipinski definition) is 3. The summed E-state index contributed by atoms with van der Waals surface area (Å²) in [6.07, 6.45) is 2.26. The molecule has 1 heterocycles. The first-order valence-corrected chi connectivity index (χ1v) is 6.53. The first-order valence-electron chi connectivity index (χ1n) is 6.53. The molecule has 1 rings (SSSR count). The minimum atomic E-state index is -0.233. The SMILES string of the molecule is CC(C)NCC(O)CN1CCC(C)(C)CC1. The predicted molar refractivity (Wildman–Crippen MR) is 68.6 cm³/mol. The average Bonchev–Trinajstić information content (AvgIpc) is 2.18. The van der Waals surface area contributed by atoms with Gasteiger partial charge in [0.15, 0.2) is 0 Å². The van der Waals surface area contributed by atoms with E-state index in [2.05, 4.69) is 37.9 Å². The molecule has 0 spiro atoms. The van der Waals surface area contributed by atoms with Crippen molar-refractivity contribution in [2.45, 2.75) is 52.7 Å². The molecule has 3 nitrogen and oxygen atoms in total. The fraction of sp³-hybridized carbons (Fsp3) is 1.00. The largest absolute Gasteiger partial charge is 0.390 e. The van der Waals surface area contributed by atoms with Gasteiger partial charge in [-0.05, 0) is 31.3 Å². The van der Waals surface area contributed by atoms with Crippen molar-refractivity contribution >= 4 is 0 Å². The van der Waals surface area contributed by atoms with Gasteiger partial charge in [-0.2, -0.15) is 0 Å². The number of likely N-dealkylation sites (tertiary alicyclic amines) is 1. The number of piperidine rings is 1. The maximum atomic E-state index is 9.88. The molecule has 96 valence electrons. The van der Waals surface area contributed by atoms with Gasteiger partial charge in [-0.3, -0.25) is 0 Å². The summed E-state index contributed by atoms with van der Waals surface area (Å²) in [5.74, 6) is 0.